The Morgan fingerprint density at radius 1 is 1.00 bits per heavy atom. The molecule has 2 bridgehead atoms. The van der Waals surface area contributed by atoms with Gasteiger partial charge in [-0.3, -0.25) is 14.8 Å². The Balaban J connectivity index is 1.29. The van der Waals surface area contributed by atoms with E-state index >= 15 is 0 Å². The third-order valence-corrected chi connectivity index (χ3v) is 8.97. The van der Waals surface area contributed by atoms with Gasteiger partial charge < -0.3 is 24.8 Å². The molecule has 0 radical (unpaired) electrons. The molecule has 5 heterocycles. The number of piperidine rings is 1. The minimum atomic E-state index is -0.293. The Bertz CT molecular complexity index is 1450. The molecular formula is C29H29N4O4-. The fourth-order valence-electron chi connectivity index (χ4n) is 7.36. The zero-order chi connectivity index (χ0) is 25.3. The third kappa shape index (κ3) is 3.58. The van der Waals surface area contributed by atoms with Gasteiger partial charge in [-0.05, 0) is 66.1 Å². The van der Waals surface area contributed by atoms with Crippen molar-refractivity contribution in [3.63, 3.8) is 0 Å². The van der Waals surface area contributed by atoms with E-state index in [0.29, 0.717) is 32.6 Å². The SMILES string of the molecule is O=C([C@@H]1Cc2cc(N([O-])O)ccc2N2CC3CC(Cn4c3cccc4=O)[C@@H]12)N1CCc2ccccc2C1. The molecule has 2 unspecified atom stereocenters. The van der Waals surface area contributed by atoms with E-state index in [-0.39, 0.29) is 46.2 Å². The van der Waals surface area contributed by atoms with Gasteiger partial charge in [0, 0.05) is 55.6 Å². The predicted molar refractivity (Wildman–Crippen MR) is 140 cm³/mol. The monoisotopic (exact) mass is 497 g/mol. The fraction of sp³-hybridized carbons (Fsp3) is 0.379. The summed E-state index contributed by atoms with van der Waals surface area (Å²) in [5, 5.41) is 21.1. The van der Waals surface area contributed by atoms with E-state index in [0.717, 1.165) is 29.8 Å². The first-order valence-corrected chi connectivity index (χ1v) is 13.1. The van der Waals surface area contributed by atoms with Crippen LogP contribution in [0.25, 0.3) is 0 Å². The Kier molecular flexibility index (Phi) is 5.16. The lowest BCUT2D eigenvalue weighted by Crippen LogP contribution is -2.61. The number of benzene rings is 2. The van der Waals surface area contributed by atoms with Crippen molar-refractivity contribution >= 4 is 17.3 Å². The van der Waals surface area contributed by atoms with Gasteiger partial charge in [0.25, 0.3) is 5.56 Å². The number of anilines is 2. The van der Waals surface area contributed by atoms with Gasteiger partial charge in [-0.2, -0.15) is 0 Å². The van der Waals surface area contributed by atoms with Gasteiger partial charge in [0.1, 0.15) is 0 Å². The van der Waals surface area contributed by atoms with E-state index in [4.69, 9.17) is 0 Å². The van der Waals surface area contributed by atoms with Crippen molar-refractivity contribution in [3.8, 4) is 0 Å². The molecule has 4 atom stereocenters. The first kappa shape index (κ1) is 22.6. The highest BCUT2D eigenvalue weighted by molar-refractivity contribution is 5.83. The summed E-state index contributed by atoms with van der Waals surface area (Å²) in [6.07, 6.45) is 2.30. The van der Waals surface area contributed by atoms with Gasteiger partial charge in [0.15, 0.2) is 0 Å². The molecule has 8 heteroatoms. The van der Waals surface area contributed by atoms with Gasteiger partial charge in [-0.1, -0.05) is 30.3 Å². The van der Waals surface area contributed by atoms with Crippen LogP contribution in [0.5, 0.6) is 0 Å². The number of pyridine rings is 1. The third-order valence-electron chi connectivity index (χ3n) is 8.97. The molecule has 4 aliphatic rings. The van der Waals surface area contributed by atoms with Gasteiger partial charge in [-0.15, -0.1) is 0 Å². The molecule has 3 aromatic rings. The highest BCUT2D eigenvalue weighted by Gasteiger charge is 2.50. The highest BCUT2D eigenvalue weighted by atomic mass is 16.8. The first-order valence-electron chi connectivity index (χ1n) is 13.1. The fourth-order valence-corrected chi connectivity index (χ4v) is 7.36. The number of hydrogen-bond donors (Lipinski definition) is 1. The molecule has 4 aliphatic heterocycles. The Hall–Kier alpha value is -3.62. The van der Waals surface area contributed by atoms with Crippen molar-refractivity contribution in [3.05, 3.63) is 98.6 Å². The smallest absolute Gasteiger partial charge is 0.250 e. The molecule has 0 spiro atoms. The number of amides is 1. The Labute approximate surface area is 214 Å². The van der Waals surface area contributed by atoms with Crippen LogP contribution in [-0.2, 0) is 30.7 Å². The highest BCUT2D eigenvalue weighted by Crippen LogP contribution is 2.48. The molecule has 2 aromatic carbocycles. The lowest BCUT2D eigenvalue weighted by molar-refractivity contribution is -0.138. The van der Waals surface area contributed by atoms with Gasteiger partial charge in [0.05, 0.1) is 11.6 Å². The van der Waals surface area contributed by atoms with Crippen LogP contribution in [0.15, 0.2) is 65.5 Å². The standard InChI is InChI=1S/C29H29N4O4/c34-27-7-3-6-25-21-12-22(17-31(25)27)28-24(29(35)30-11-10-18-4-1-2-5-19(18)15-30)14-20-13-23(33(36)37)8-9-26(20)32(28)16-21/h1-9,13,21-22,24,28,36H,10-12,14-17H2/q-1/t21?,22?,24-,28+/m1/s1. The zero-order valence-corrected chi connectivity index (χ0v) is 20.5. The van der Waals surface area contributed by atoms with E-state index in [9.17, 15) is 20.0 Å². The maximum absolute atomic E-state index is 14.2. The van der Waals surface area contributed by atoms with Crippen molar-refractivity contribution in [2.45, 2.75) is 44.3 Å². The Morgan fingerprint density at radius 2 is 1.84 bits per heavy atom. The van der Waals surface area contributed by atoms with Crippen LogP contribution in [0.1, 0.15) is 34.7 Å². The van der Waals surface area contributed by atoms with E-state index in [2.05, 4.69) is 17.0 Å². The van der Waals surface area contributed by atoms with E-state index in [1.54, 1.807) is 18.2 Å². The van der Waals surface area contributed by atoms with Crippen LogP contribution in [0, 0.1) is 17.0 Å². The molecule has 1 N–H and O–H groups in total. The largest absolute Gasteiger partial charge is 0.733 e. The second-order valence-electron chi connectivity index (χ2n) is 10.9. The van der Waals surface area contributed by atoms with Crippen molar-refractivity contribution < 1.29 is 10.0 Å². The lowest BCUT2D eigenvalue weighted by Gasteiger charge is -2.55. The van der Waals surface area contributed by atoms with Crippen LogP contribution in [0.2, 0.25) is 0 Å². The average Bonchev–Trinajstić information content (AvgIpc) is 2.92. The number of carbonyl (C=O) groups is 1. The molecule has 0 aliphatic carbocycles. The second-order valence-corrected chi connectivity index (χ2v) is 10.9. The number of rotatable bonds is 2. The number of aromatic nitrogens is 1. The normalized spacial score (nSPS) is 25.5. The number of hydrogen-bond acceptors (Lipinski definition) is 6. The molecule has 0 saturated carbocycles. The average molecular weight is 498 g/mol. The van der Waals surface area contributed by atoms with Gasteiger partial charge >= 0.3 is 0 Å². The summed E-state index contributed by atoms with van der Waals surface area (Å²) in [7, 11) is 0. The molecule has 1 aromatic heterocycles. The second kappa shape index (κ2) is 8.46. The van der Waals surface area contributed by atoms with Crippen LogP contribution in [0.3, 0.4) is 0 Å². The van der Waals surface area contributed by atoms with Gasteiger partial charge in [-0.25, -0.2) is 0 Å². The maximum Gasteiger partial charge on any atom is 0.250 e. The minimum absolute atomic E-state index is 0.0236. The molecule has 1 fully saturated rings. The summed E-state index contributed by atoms with van der Waals surface area (Å²) in [5.41, 5.74) is 5.67. The summed E-state index contributed by atoms with van der Waals surface area (Å²) in [6.45, 7) is 2.61. The maximum atomic E-state index is 14.2. The summed E-state index contributed by atoms with van der Waals surface area (Å²) in [6, 6.07) is 19.0. The predicted octanol–water partition coefficient (Wildman–Crippen LogP) is 3.29. The van der Waals surface area contributed by atoms with Crippen molar-refractivity contribution in [1.29, 1.82) is 0 Å². The topological polar surface area (TPSA) is 92.1 Å². The zero-order valence-electron chi connectivity index (χ0n) is 20.5. The lowest BCUT2D eigenvalue weighted by atomic mass is 9.69. The van der Waals surface area contributed by atoms with Crippen molar-refractivity contribution in [2.75, 3.05) is 23.2 Å². The number of nitrogens with zero attached hydrogens (tertiary/aromatic N) is 4. The van der Waals surface area contributed by atoms with E-state index in [1.165, 1.54) is 11.1 Å². The molecule has 8 nitrogen and oxygen atoms in total. The van der Waals surface area contributed by atoms with Crippen molar-refractivity contribution in [2.24, 2.45) is 11.8 Å². The minimum Gasteiger partial charge on any atom is -0.733 e. The summed E-state index contributed by atoms with van der Waals surface area (Å²) in [5.74, 6) is 0.201. The van der Waals surface area contributed by atoms with Crippen molar-refractivity contribution in [1.82, 2.24) is 9.47 Å². The molecule has 1 saturated heterocycles. The van der Waals surface area contributed by atoms with Crippen LogP contribution < -0.4 is 15.7 Å². The van der Waals surface area contributed by atoms with E-state index in [1.807, 2.05) is 39.8 Å². The quantitative estimate of drug-likeness (QED) is 0.547. The molecule has 37 heavy (non-hydrogen) atoms. The van der Waals surface area contributed by atoms with Gasteiger partial charge in [0.2, 0.25) is 5.91 Å². The summed E-state index contributed by atoms with van der Waals surface area (Å²) >= 11 is 0. The molecule has 190 valence electrons. The number of fused-ring (bicyclic) bond motifs is 9. The first-order chi connectivity index (χ1) is 18.0. The molecule has 1 amide bonds. The van der Waals surface area contributed by atoms with E-state index < -0.39 is 0 Å². The summed E-state index contributed by atoms with van der Waals surface area (Å²) in [4.78, 5) is 31.3. The molecule has 7 rings (SSSR count). The Morgan fingerprint density at radius 3 is 2.68 bits per heavy atom. The molecular weight excluding hydrogens is 468 g/mol. The number of carbonyl (C=O) groups excluding carboxylic acids is 1. The summed E-state index contributed by atoms with van der Waals surface area (Å²) < 4.78 is 1.91. The van der Waals surface area contributed by atoms with Crippen LogP contribution >= 0.6 is 0 Å². The van der Waals surface area contributed by atoms with Crippen LogP contribution in [-0.4, -0.2) is 39.7 Å². The van der Waals surface area contributed by atoms with Crippen LogP contribution in [0.4, 0.5) is 11.4 Å².